The Morgan fingerprint density at radius 3 is 1.91 bits per heavy atom. The van der Waals surface area contributed by atoms with Crippen LogP contribution in [0.2, 0.25) is 0 Å². The van der Waals surface area contributed by atoms with E-state index in [2.05, 4.69) is 39.5 Å². The van der Waals surface area contributed by atoms with Crippen LogP contribution in [0.15, 0.2) is 0 Å². The number of nitrogens with zero attached hydrogens (tertiary/aromatic N) is 1. The molecule has 0 N–H and O–H groups in total. The van der Waals surface area contributed by atoms with Gasteiger partial charge in [-0.25, -0.2) is 0 Å². The van der Waals surface area contributed by atoms with Gasteiger partial charge in [0, 0.05) is 11.6 Å². The van der Waals surface area contributed by atoms with Gasteiger partial charge in [0.05, 0.1) is 0 Å². The summed E-state index contributed by atoms with van der Waals surface area (Å²) < 4.78 is 0. The Labute approximate surface area is 70.8 Å². The Morgan fingerprint density at radius 2 is 1.73 bits per heavy atom. The Hall–Kier alpha value is -0.0400. The van der Waals surface area contributed by atoms with E-state index in [4.69, 9.17) is 0 Å². The SMILES string of the molecule is C[C@H]1CCN(C(C)(C)C)[C@H]1C. The molecule has 1 fully saturated rings. The number of hydrogen-bond acceptors (Lipinski definition) is 1. The van der Waals surface area contributed by atoms with Gasteiger partial charge in [-0.05, 0) is 46.6 Å². The van der Waals surface area contributed by atoms with E-state index < -0.39 is 0 Å². The maximum absolute atomic E-state index is 2.61. The molecule has 0 spiro atoms. The lowest BCUT2D eigenvalue weighted by atomic mass is 10.0. The molecule has 1 aliphatic rings. The molecule has 1 rings (SSSR count). The van der Waals surface area contributed by atoms with Gasteiger partial charge < -0.3 is 0 Å². The quantitative estimate of drug-likeness (QED) is 0.519. The zero-order valence-corrected chi connectivity index (χ0v) is 8.52. The van der Waals surface area contributed by atoms with Gasteiger partial charge in [-0.2, -0.15) is 0 Å². The molecule has 1 saturated heterocycles. The summed E-state index contributed by atoms with van der Waals surface area (Å²) >= 11 is 0. The van der Waals surface area contributed by atoms with Crippen LogP contribution >= 0.6 is 0 Å². The van der Waals surface area contributed by atoms with Crippen molar-refractivity contribution in [1.82, 2.24) is 4.90 Å². The van der Waals surface area contributed by atoms with E-state index in [-0.39, 0.29) is 0 Å². The van der Waals surface area contributed by atoms with E-state index in [0.29, 0.717) is 5.54 Å². The lowest BCUT2D eigenvalue weighted by Crippen LogP contribution is -2.44. The van der Waals surface area contributed by atoms with Crippen LogP contribution in [0.25, 0.3) is 0 Å². The molecule has 1 aliphatic heterocycles. The molecule has 0 bridgehead atoms. The van der Waals surface area contributed by atoms with Crippen molar-refractivity contribution in [2.24, 2.45) is 5.92 Å². The molecule has 0 aliphatic carbocycles. The second kappa shape index (κ2) is 2.78. The second-order valence-electron chi connectivity index (χ2n) is 4.87. The van der Waals surface area contributed by atoms with Crippen molar-refractivity contribution >= 4 is 0 Å². The molecular weight excluding hydrogens is 134 g/mol. The van der Waals surface area contributed by atoms with Crippen molar-refractivity contribution in [2.75, 3.05) is 6.54 Å². The Bertz CT molecular complexity index is 134. The maximum atomic E-state index is 2.61. The molecule has 0 amide bonds. The van der Waals surface area contributed by atoms with Gasteiger partial charge in [-0.1, -0.05) is 6.92 Å². The maximum Gasteiger partial charge on any atom is 0.0127 e. The average Bonchev–Trinajstić information content (AvgIpc) is 2.11. The largest absolute Gasteiger partial charge is 0.296 e. The molecule has 1 nitrogen and oxygen atoms in total. The molecule has 2 atom stereocenters. The molecule has 0 saturated carbocycles. The highest BCUT2D eigenvalue weighted by Gasteiger charge is 2.34. The lowest BCUT2D eigenvalue weighted by Gasteiger charge is -2.36. The van der Waals surface area contributed by atoms with Crippen LogP contribution in [-0.4, -0.2) is 23.0 Å². The molecule has 1 heteroatoms. The summed E-state index contributed by atoms with van der Waals surface area (Å²) in [6.07, 6.45) is 1.37. The monoisotopic (exact) mass is 155 g/mol. The first-order valence-electron chi connectivity index (χ1n) is 4.69. The van der Waals surface area contributed by atoms with Gasteiger partial charge in [-0.3, -0.25) is 4.90 Å². The Morgan fingerprint density at radius 1 is 1.18 bits per heavy atom. The first kappa shape index (κ1) is 9.05. The molecule has 0 unspecified atom stereocenters. The van der Waals surface area contributed by atoms with Gasteiger partial charge >= 0.3 is 0 Å². The summed E-state index contributed by atoms with van der Waals surface area (Å²) in [5.41, 5.74) is 0.365. The standard InChI is InChI=1S/C10H21N/c1-8-6-7-11(9(8)2)10(3,4)5/h8-9H,6-7H2,1-5H3/t8-,9-/m0/s1. The zero-order chi connectivity index (χ0) is 8.65. The van der Waals surface area contributed by atoms with Crippen molar-refractivity contribution < 1.29 is 0 Å². The van der Waals surface area contributed by atoms with Crippen molar-refractivity contribution in [3.63, 3.8) is 0 Å². The number of rotatable bonds is 0. The summed E-state index contributed by atoms with van der Waals surface area (Å²) in [4.78, 5) is 2.61. The normalized spacial score (nSPS) is 34.6. The predicted molar refractivity (Wildman–Crippen MR) is 49.7 cm³/mol. The summed E-state index contributed by atoms with van der Waals surface area (Å²) in [6, 6.07) is 0.773. The van der Waals surface area contributed by atoms with Gasteiger partial charge in [0.1, 0.15) is 0 Å². The van der Waals surface area contributed by atoms with Crippen molar-refractivity contribution in [3.8, 4) is 0 Å². The molecule has 66 valence electrons. The Kier molecular flexibility index (Phi) is 2.29. The molecule has 0 aromatic heterocycles. The number of likely N-dealkylation sites (tertiary alicyclic amines) is 1. The van der Waals surface area contributed by atoms with E-state index in [9.17, 15) is 0 Å². The van der Waals surface area contributed by atoms with E-state index in [1.54, 1.807) is 0 Å². The molecule has 11 heavy (non-hydrogen) atoms. The summed E-state index contributed by atoms with van der Waals surface area (Å²) in [7, 11) is 0. The fraction of sp³-hybridized carbons (Fsp3) is 1.00. The first-order valence-corrected chi connectivity index (χ1v) is 4.69. The minimum absolute atomic E-state index is 0.365. The van der Waals surface area contributed by atoms with Gasteiger partial charge in [0.15, 0.2) is 0 Å². The third-order valence-electron chi connectivity index (χ3n) is 3.00. The topological polar surface area (TPSA) is 3.24 Å². The van der Waals surface area contributed by atoms with Crippen molar-refractivity contribution in [1.29, 1.82) is 0 Å². The van der Waals surface area contributed by atoms with Crippen molar-refractivity contribution in [3.05, 3.63) is 0 Å². The highest BCUT2D eigenvalue weighted by atomic mass is 15.2. The van der Waals surface area contributed by atoms with Crippen molar-refractivity contribution in [2.45, 2.75) is 52.6 Å². The number of hydrogen-bond donors (Lipinski definition) is 0. The molecule has 0 aromatic carbocycles. The fourth-order valence-electron chi connectivity index (χ4n) is 2.04. The van der Waals surface area contributed by atoms with Crippen LogP contribution in [0, 0.1) is 5.92 Å². The third kappa shape index (κ3) is 1.76. The minimum atomic E-state index is 0.365. The fourth-order valence-corrected chi connectivity index (χ4v) is 2.04. The summed E-state index contributed by atoms with van der Waals surface area (Å²) in [5.74, 6) is 0.884. The van der Waals surface area contributed by atoms with E-state index in [0.717, 1.165) is 12.0 Å². The van der Waals surface area contributed by atoms with E-state index >= 15 is 0 Å². The van der Waals surface area contributed by atoms with Crippen LogP contribution in [-0.2, 0) is 0 Å². The lowest BCUT2D eigenvalue weighted by molar-refractivity contribution is 0.120. The molecule has 0 aromatic rings. The Balaban J connectivity index is 2.62. The highest BCUT2D eigenvalue weighted by molar-refractivity contribution is 4.88. The van der Waals surface area contributed by atoms with Gasteiger partial charge in [0.25, 0.3) is 0 Å². The highest BCUT2D eigenvalue weighted by Crippen LogP contribution is 2.29. The smallest absolute Gasteiger partial charge is 0.0127 e. The van der Waals surface area contributed by atoms with E-state index in [1.807, 2.05) is 0 Å². The third-order valence-corrected chi connectivity index (χ3v) is 3.00. The summed E-state index contributed by atoms with van der Waals surface area (Å²) in [5, 5.41) is 0. The molecule has 0 radical (unpaired) electrons. The molecule has 1 heterocycles. The van der Waals surface area contributed by atoms with Crippen LogP contribution < -0.4 is 0 Å². The predicted octanol–water partition coefficient (Wildman–Crippen LogP) is 2.52. The second-order valence-corrected chi connectivity index (χ2v) is 4.87. The first-order chi connectivity index (χ1) is 4.93. The van der Waals surface area contributed by atoms with E-state index in [1.165, 1.54) is 13.0 Å². The zero-order valence-electron chi connectivity index (χ0n) is 8.52. The minimum Gasteiger partial charge on any atom is -0.296 e. The average molecular weight is 155 g/mol. The van der Waals surface area contributed by atoms with Gasteiger partial charge in [-0.15, -0.1) is 0 Å². The molecular formula is C10H21N. The van der Waals surface area contributed by atoms with Gasteiger partial charge in [0.2, 0.25) is 0 Å². The van der Waals surface area contributed by atoms with Crippen LogP contribution in [0.5, 0.6) is 0 Å². The van der Waals surface area contributed by atoms with Crippen LogP contribution in [0.4, 0.5) is 0 Å². The van der Waals surface area contributed by atoms with Crippen LogP contribution in [0.3, 0.4) is 0 Å². The summed E-state index contributed by atoms with van der Waals surface area (Å²) in [6.45, 7) is 12.9. The van der Waals surface area contributed by atoms with Crippen LogP contribution in [0.1, 0.15) is 41.0 Å².